The Kier molecular flexibility index (Phi) is 5.11. The molecule has 0 spiro atoms. The SMILES string of the molecule is O=C1NC(=O)c2c1c1c3cc(F)c(F)cc3[nH]c1c1c2c2cc(F)c(F)cc2n1C1O[C@H](CF)[C@@H](O)[C@H](O)[C@H]1O. The molecule has 206 valence electrons. The van der Waals surface area contributed by atoms with E-state index in [2.05, 4.69) is 10.3 Å². The van der Waals surface area contributed by atoms with Gasteiger partial charge in [0.2, 0.25) is 0 Å². The van der Waals surface area contributed by atoms with Crippen LogP contribution in [-0.2, 0) is 4.74 Å². The molecule has 0 radical (unpaired) electrons. The van der Waals surface area contributed by atoms with Gasteiger partial charge in [-0.25, -0.2) is 22.0 Å². The number of carbonyl (C=O) groups excluding carboxylic acids is 2. The zero-order chi connectivity index (χ0) is 28.4. The number of alkyl halides is 1. The van der Waals surface area contributed by atoms with Crippen molar-refractivity contribution in [1.29, 1.82) is 0 Å². The number of hydrogen-bond donors (Lipinski definition) is 5. The van der Waals surface area contributed by atoms with Crippen LogP contribution in [-0.4, -0.2) is 67.8 Å². The van der Waals surface area contributed by atoms with Gasteiger partial charge in [0.15, 0.2) is 29.5 Å². The average molecular weight is 561 g/mol. The monoisotopic (exact) mass is 561 g/mol. The Labute approximate surface area is 218 Å². The Morgan fingerprint density at radius 3 is 2.08 bits per heavy atom. The van der Waals surface area contributed by atoms with Crippen LogP contribution in [0.3, 0.4) is 0 Å². The fourth-order valence-electron chi connectivity index (χ4n) is 5.90. The molecule has 0 saturated carbocycles. The summed E-state index contributed by atoms with van der Waals surface area (Å²) in [5, 5.41) is 33.4. The van der Waals surface area contributed by atoms with Crippen LogP contribution < -0.4 is 5.32 Å². The van der Waals surface area contributed by atoms with Crippen LogP contribution >= 0.6 is 0 Å². The van der Waals surface area contributed by atoms with Crippen molar-refractivity contribution in [2.24, 2.45) is 0 Å². The van der Waals surface area contributed by atoms with E-state index in [9.17, 15) is 46.9 Å². The van der Waals surface area contributed by atoms with Gasteiger partial charge in [-0.1, -0.05) is 0 Å². The zero-order valence-electron chi connectivity index (χ0n) is 19.8. The van der Waals surface area contributed by atoms with Gasteiger partial charge >= 0.3 is 0 Å². The molecule has 2 aliphatic heterocycles. The van der Waals surface area contributed by atoms with E-state index in [1.165, 1.54) is 0 Å². The van der Waals surface area contributed by atoms with Crippen LogP contribution in [0, 0.1) is 23.3 Å². The first-order valence-corrected chi connectivity index (χ1v) is 11.9. The number of aliphatic hydroxyl groups is 3. The molecular weight excluding hydrogens is 545 g/mol. The lowest BCUT2D eigenvalue weighted by Gasteiger charge is -2.40. The number of halogens is 5. The molecule has 3 aromatic carbocycles. The van der Waals surface area contributed by atoms with Crippen LogP contribution in [0.1, 0.15) is 26.9 Å². The molecular formula is C26H16F5N3O6. The van der Waals surface area contributed by atoms with E-state index in [1.54, 1.807) is 0 Å². The van der Waals surface area contributed by atoms with Crippen molar-refractivity contribution in [1.82, 2.24) is 14.9 Å². The topological polar surface area (TPSA) is 137 Å². The Hall–Kier alpha value is -4.11. The second-order valence-corrected chi connectivity index (χ2v) is 9.79. The molecule has 14 heteroatoms. The summed E-state index contributed by atoms with van der Waals surface area (Å²) in [6.07, 6.45) is -9.14. The minimum absolute atomic E-state index is 0.00623. The number of H-pyrrole nitrogens is 1. The molecule has 5 atom stereocenters. The molecule has 0 bridgehead atoms. The normalized spacial score (nSPS) is 25.1. The molecule has 1 unspecified atom stereocenters. The van der Waals surface area contributed by atoms with Gasteiger partial charge in [0, 0.05) is 39.2 Å². The first-order chi connectivity index (χ1) is 19.0. The number of amides is 2. The summed E-state index contributed by atoms with van der Waals surface area (Å²) in [7, 11) is 0. The minimum atomic E-state index is -1.96. The van der Waals surface area contributed by atoms with E-state index < -0.39 is 72.4 Å². The van der Waals surface area contributed by atoms with Gasteiger partial charge in [-0.2, -0.15) is 0 Å². The molecule has 2 aliphatic rings. The largest absolute Gasteiger partial charge is 0.387 e. The molecule has 2 amide bonds. The maximum atomic E-state index is 14.6. The van der Waals surface area contributed by atoms with Crippen molar-refractivity contribution in [2.45, 2.75) is 30.6 Å². The second-order valence-electron chi connectivity index (χ2n) is 9.79. The van der Waals surface area contributed by atoms with Crippen molar-refractivity contribution in [2.75, 3.05) is 6.67 Å². The van der Waals surface area contributed by atoms with Crippen LogP contribution in [0.25, 0.3) is 43.6 Å². The maximum Gasteiger partial charge on any atom is 0.259 e. The summed E-state index contributed by atoms with van der Waals surface area (Å²) in [5.41, 5.74) is -0.884. The average Bonchev–Trinajstić information content (AvgIpc) is 3.52. The van der Waals surface area contributed by atoms with E-state index in [1.807, 2.05) is 0 Å². The molecule has 5 aromatic rings. The van der Waals surface area contributed by atoms with Crippen molar-refractivity contribution in [3.63, 3.8) is 0 Å². The number of nitrogens with one attached hydrogen (secondary N) is 2. The summed E-state index contributed by atoms with van der Waals surface area (Å²) in [4.78, 5) is 28.9. The van der Waals surface area contributed by atoms with E-state index in [0.29, 0.717) is 0 Å². The van der Waals surface area contributed by atoms with Gasteiger partial charge in [0.25, 0.3) is 11.8 Å². The molecule has 1 saturated heterocycles. The number of aromatic amines is 1. The van der Waals surface area contributed by atoms with Gasteiger partial charge in [-0.15, -0.1) is 0 Å². The fourth-order valence-corrected chi connectivity index (χ4v) is 5.90. The third-order valence-corrected chi connectivity index (χ3v) is 7.65. The molecule has 2 aromatic heterocycles. The Bertz CT molecular complexity index is 1970. The number of fused-ring (bicyclic) bond motifs is 10. The molecule has 7 rings (SSSR count). The highest BCUT2D eigenvalue weighted by atomic mass is 19.2. The van der Waals surface area contributed by atoms with E-state index >= 15 is 0 Å². The number of hydrogen-bond acceptors (Lipinski definition) is 6. The lowest BCUT2D eigenvalue weighted by molar-refractivity contribution is -0.245. The third-order valence-electron chi connectivity index (χ3n) is 7.65. The molecule has 4 heterocycles. The fraction of sp³-hybridized carbons (Fsp3) is 0.231. The van der Waals surface area contributed by atoms with Gasteiger partial charge in [-0.3, -0.25) is 14.9 Å². The van der Waals surface area contributed by atoms with Gasteiger partial charge in [0.05, 0.1) is 27.7 Å². The number of rotatable bonds is 2. The highest BCUT2D eigenvalue weighted by Gasteiger charge is 2.46. The first-order valence-electron chi connectivity index (χ1n) is 11.9. The smallest absolute Gasteiger partial charge is 0.259 e. The number of aromatic nitrogens is 2. The predicted octanol–water partition coefficient (Wildman–Crippen LogP) is 2.82. The third kappa shape index (κ3) is 3.04. The van der Waals surface area contributed by atoms with Gasteiger partial charge < -0.3 is 29.6 Å². The van der Waals surface area contributed by atoms with Gasteiger partial charge in [-0.05, 0) is 12.1 Å². The summed E-state index contributed by atoms with van der Waals surface area (Å²) in [6, 6.07) is 3.09. The first kappa shape index (κ1) is 24.9. The van der Waals surface area contributed by atoms with Gasteiger partial charge in [0.1, 0.15) is 31.1 Å². The Morgan fingerprint density at radius 1 is 0.800 bits per heavy atom. The van der Waals surface area contributed by atoms with Crippen molar-refractivity contribution < 1.29 is 51.6 Å². The Morgan fingerprint density at radius 2 is 1.40 bits per heavy atom. The van der Waals surface area contributed by atoms with Crippen molar-refractivity contribution >= 4 is 55.4 Å². The quantitative estimate of drug-likeness (QED) is 0.166. The number of aliphatic hydroxyl groups excluding tert-OH is 3. The van der Waals surface area contributed by atoms with Crippen LogP contribution in [0.15, 0.2) is 24.3 Å². The van der Waals surface area contributed by atoms with Crippen LogP contribution in [0.2, 0.25) is 0 Å². The number of benzene rings is 3. The molecule has 40 heavy (non-hydrogen) atoms. The standard InChI is InChI=1S/C26H16F5N3O6/c27-5-14-21(35)22(36)23(37)26(40-14)34-13-4-11(31)9(29)2-7(13)16-18-17(24(38)33-25(18)39)15-6-1-8(28)10(30)3-12(6)32-19(15)20(16)34/h1-4,14,21-23,26,32,35-37H,5H2,(H,33,38,39)/t14-,21-,22+,23-,26?/m1/s1. The molecule has 1 fully saturated rings. The number of nitrogens with zero attached hydrogens (tertiary/aromatic N) is 1. The summed E-state index contributed by atoms with van der Waals surface area (Å²) in [6.45, 7) is -1.30. The van der Waals surface area contributed by atoms with Crippen molar-refractivity contribution in [3.05, 3.63) is 58.7 Å². The minimum Gasteiger partial charge on any atom is -0.387 e. The van der Waals surface area contributed by atoms with E-state index in [-0.39, 0.29) is 54.7 Å². The maximum absolute atomic E-state index is 14.6. The highest BCUT2D eigenvalue weighted by Crippen LogP contribution is 2.46. The lowest BCUT2D eigenvalue weighted by atomic mass is 9.96. The summed E-state index contributed by atoms with van der Waals surface area (Å²) < 4.78 is 78.2. The van der Waals surface area contributed by atoms with Crippen LogP contribution in [0.4, 0.5) is 22.0 Å². The predicted molar refractivity (Wildman–Crippen MR) is 128 cm³/mol. The highest BCUT2D eigenvalue weighted by molar-refractivity contribution is 6.39. The van der Waals surface area contributed by atoms with Crippen LogP contribution in [0.5, 0.6) is 0 Å². The summed E-state index contributed by atoms with van der Waals surface area (Å²) >= 11 is 0. The second kappa shape index (κ2) is 8.20. The Balaban J connectivity index is 1.74. The van der Waals surface area contributed by atoms with E-state index in [0.717, 1.165) is 28.8 Å². The molecule has 0 aliphatic carbocycles. The number of imide groups is 1. The zero-order valence-corrected chi connectivity index (χ0v) is 19.8. The summed E-state index contributed by atoms with van der Waals surface area (Å²) in [5.74, 6) is -6.97. The molecule has 5 N–H and O–H groups in total. The molecule has 9 nitrogen and oxygen atoms in total. The van der Waals surface area contributed by atoms with Crippen molar-refractivity contribution in [3.8, 4) is 0 Å². The number of ether oxygens (including phenoxy) is 1. The lowest BCUT2D eigenvalue weighted by Crippen LogP contribution is -2.56. The number of carbonyl (C=O) groups is 2. The van der Waals surface area contributed by atoms with E-state index in [4.69, 9.17) is 4.74 Å².